The number of halogens is 5. The molecule has 2 nitrogen and oxygen atoms in total. The van der Waals surface area contributed by atoms with Crippen LogP contribution in [0.3, 0.4) is 0 Å². The zero-order chi connectivity index (χ0) is 19.2. The number of carbonyl (C=O) groups is 1. The lowest BCUT2D eigenvalue weighted by Gasteiger charge is -2.18. The van der Waals surface area contributed by atoms with Crippen LogP contribution in [0.2, 0.25) is 0 Å². The standard InChI is InChI=1S/C18H31Cl5O2/c1-3-13(19)12-15(21)6-5-7-16(22)17(23)10-8-14(20)9-11-18(24)25-4-2/h13-17H,3-12H2,1-2H3. The Morgan fingerprint density at radius 1 is 0.800 bits per heavy atom. The van der Waals surface area contributed by atoms with Crippen LogP contribution in [0.1, 0.15) is 71.6 Å². The number of hydrogen-bond acceptors (Lipinski definition) is 2. The molecule has 0 aliphatic rings. The molecule has 0 N–H and O–H groups in total. The quantitative estimate of drug-likeness (QED) is 0.194. The van der Waals surface area contributed by atoms with Crippen LogP contribution < -0.4 is 0 Å². The van der Waals surface area contributed by atoms with Gasteiger partial charge < -0.3 is 4.74 Å². The van der Waals surface area contributed by atoms with Gasteiger partial charge in [-0.2, -0.15) is 0 Å². The van der Waals surface area contributed by atoms with Gasteiger partial charge in [0.15, 0.2) is 0 Å². The van der Waals surface area contributed by atoms with Crippen molar-refractivity contribution in [2.45, 2.75) is 98.5 Å². The third kappa shape index (κ3) is 14.6. The Balaban J connectivity index is 3.83. The fourth-order valence-corrected chi connectivity index (χ4v) is 3.89. The molecule has 0 spiro atoms. The Bertz CT molecular complexity index is 343. The summed E-state index contributed by atoms with van der Waals surface area (Å²) in [7, 11) is 0. The SMILES string of the molecule is CCOC(=O)CCC(Cl)CCC(Cl)C(Cl)CCCC(Cl)CC(Cl)CC. The Morgan fingerprint density at radius 3 is 2.04 bits per heavy atom. The molecule has 0 rings (SSSR count). The van der Waals surface area contributed by atoms with Crippen LogP contribution in [-0.4, -0.2) is 39.5 Å². The van der Waals surface area contributed by atoms with Crippen molar-refractivity contribution in [1.29, 1.82) is 0 Å². The van der Waals surface area contributed by atoms with E-state index in [1.54, 1.807) is 6.92 Å². The topological polar surface area (TPSA) is 26.3 Å². The lowest BCUT2D eigenvalue weighted by Crippen LogP contribution is -2.18. The van der Waals surface area contributed by atoms with Gasteiger partial charge in [-0.3, -0.25) is 4.79 Å². The predicted molar refractivity (Wildman–Crippen MR) is 112 cm³/mol. The van der Waals surface area contributed by atoms with Crippen molar-refractivity contribution in [2.24, 2.45) is 0 Å². The number of rotatable bonds is 15. The number of alkyl halides is 5. The van der Waals surface area contributed by atoms with E-state index < -0.39 is 0 Å². The van der Waals surface area contributed by atoms with E-state index in [2.05, 4.69) is 6.92 Å². The van der Waals surface area contributed by atoms with Gasteiger partial charge >= 0.3 is 5.97 Å². The molecule has 0 aromatic rings. The van der Waals surface area contributed by atoms with Gasteiger partial charge in [-0.1, -0.05) is 13.3 Å². The van der Waals surface area contributed by atoms with Crippen LogP contribution in [0.15, 0.2) is 0 Å². The lowest BCUT2D eigenvalue weighted by molar-refractivity contribution is -0.143. The number of esters is 1. The Kier molecular flexibility index (Phi) is 16.5. The molecule has 7 heteroatoms. The molecule has 5 unspecified atom stereocenters. The first-order chi connectivity index (χ1) is 11.8. The summed E-state index contributed by atoms with van der Waals surface area (Å²) in [6.07, 6.45) is 6.83. The molecule has 150 valence electrons. The van der Waals surface area contributed by atoms with Crippen LogP contribution in [0, 0.1) is 0 Å². The molecule has 5 atom stereocenters. The number of carbonyl (C=O) groups excluding carboxylic acids is 1. The van der Waals surface area contributed by atoms with E-state index in [-0.39, 0.29) is 32.9 Å². The summed E-state index contributed by atoms with van der Waals surface area (Å²) in [5.41, 5.74) is 0. The van der Waals surface area contributed by atoms with Crippen LogP contribution in [0.25, 0.3) is 0 Å². The molecular formula is C18H31Cl5O2. The van der Waals surface area contributed by atoms with Crippen molar-refractivity contribution >= 4 is 64.0 Å². The van der Waals surface area contributed by atoms with E-state index in [1.165, 1.54) is 0 Å². The molecular weight excluding hydrogens is 425 g/mol. The first-order valence-electron chi connectivity index (χ1n) is 9.16. The van der Waals surface area contributed by atoms with Crippen molar-refractivity contribution in [1.82, 2.24) is 0 Å². The first-order valence-corrected chi connectivity index (χ1v) is 11.3. The molecule has 0 heterocycles. The summed E-state index contributed by atoms with van der Waals surface area (Å²) in [4.78, 5) is 11.3. The minimum Gasteiger partial charge on any atom is -0.466 e. The third-order valence-corrected chi connectivity index (χ3v) is 6.56. The van der Waals surface area contributed by atoms with E-state index >= 15 is 0 Å². The van der Waals surface area contributed by atoms with Crippen molar-refractivity contribution < 1.29 is 9.53 Å². The fraction of sp³-hybridized carbons (Fsp3) is 0.944. The van der Waals surface area contributed by atoms with Gasteiger partial charge in [0.1, 0.15) is 0 Å². The molecule has 0 aromatic heterocycles. The summed E-state index contributed by atoms with van der Waals surface area (Å²) >= 11 is 31.4. The van der Waals surface area contributed by atoms with E-state index in [0.29, 0.717) is 19.4 Å². The van der Waals surface area contributed by atoms with E-state index in [1.807, 2.05) is 0 Å². The van der Waals surface area contributed by atoms with Crippen LogP contribution >= 0.6 is 58.0 Å². The zero-order valence-corrected chi connectivity index (χ0v) is 18.9. The first kappa shape index (κ1) is 25.9. The summed E-state index contributed by atoms with van der Waals surface area (Å²) in [6.45, 7) is 4.25. The van der Waals surface area contributed by atoms with Gasteiger partial charge in [0, 0.05) is 33.3 Å². The summed E-state index contributed by atoms with van der Waals surface area (Å²) in [6, 6.07) is 0. The van der Waals surface area contributed by atoms with E-state index in [4.69, 9.17) is 62.7 Å². The normalized spacial score (nSPS) is 17.6. The third-order valence-electron chi connectivity index (χ3n) is 4.07. The maximum atomic E-state index is 11.3. The minimum atomic E-state index is -0.205. The average molecular weight is 457 g/mol. The molecule has 0 bridgehead atoms. The van der Waals surface area contributed by atoms with Crippen molar-refractivity contribution in [2.75, 3.05) is 6.61 Å². The minimum absolute atomic E-state index is 0.0866. The molecule has 25 heavy (non-hydrogen) atoms. The van der Waals surface area contributed by atoms with Gasteiger partial charge in [-0.15, -0.1) is 58.0 Å². The van der Waals surface area contributed by atoms with E-state index in [9.17, 15) is 4.79 Å². The highest BCUT2D eigenvalue weighted by Gasteiger charge is 2.19. The maximum Gasteiger partial charge on any atom is 0.305 e. The highest BCUT2D eigenvalue weighted by molar-refractivity contribution is 6.30. The molecule has 0 saturated heterocycles. The summed E-state index contributed by atoms with van der Waals surface area (Å²) in [5, 5.41) is -0.0786. The largest absolute Gasteiger partial charge is 0.466 e. The van der Waals surface area contributed by atoms with Crippen molar-refractivity contribution in [3.8, 4) is 0 Å². The lowest BCUT2D eigenvalue weighted by atomic mass is 10.0. The van der Waals surface area contributed by atoms with Gasteiger partial charge in [-0.05, 0) is 51.9 Å². The maximum absolute atomic E-state index is 11.3. The van der Waals surface area contributed by atoms with Crippen LogP contribution in [0.5, 0.6) is 0 Å². The predicted octanol–water partition coefficient (Wildman–Crippen LogP) is 7.12. The highest BCUT2D eigenvalue weighted by atomic mass is 35.5. The van der Waals surface area contributed by atoms with Crippen LogP contribution in [-0.2, 0) is 9.53 Å². The fourth-order valence-electron chi connectivity index (χ4n) is 2.45. The molecule has 0 radical (unpaired) electrons. The number of hydrogen-bond donors (Lipinski definition) is 0. The van der Waals surface area contributed by atoms with Gasteiger partial charge in [0.2, 0.25) is 0 Å². The smallest absolute Gasteiger partial charge is 0.305 e. The Morgan fingerprint density at radius 2 is 1.44 bits per heavy atom. The van der Waals surface area contributed by atoms with Gasteiger partial charge in [0.05, 0.1) is 6.61 Å². The Labute approximate surface area is 178 Å². The second-order valence-electron chi connectivity index (χ2n) is 6.32. The molecule has 0 fully saturated rings. The van der Waals surface area contributed by atoms with Gasteiger partial charge in [0.25, 0.3) is 0 Å². The molecule has 0 aliphatic carbocycles. The van der Waals surface area contributed by atoms with Crippen molar-refractivity contribution in [3.63, 3.8) is 0 Å². The van der Waals surface area contributed by atoms with Gasteiger partial charge in [-0.25, -0.2) is 0 Å². The Hall–Kier alpha value is 0.920. The number of ether oxygens (including phenoxy) is 1. The van der Waals surface area contributed by atoms with Crippen molar-refractivity contribution in [3.05, 3.63) is 0 Å². The molecule has 0 aliphatic heterocycles. The average Bonchev–Trinajstić information content (AvgIpc) is 2.57. The molecule has 0 saturated carbocycles. The summed E-state index contributed by atoms with van der Waals surface area (Å²) in [5.74, 6) is -0.205. The zero-order valence-electron chi connectivity index (χ0n) is 15.2. The highest BCUT2D eigenvalue weighted by Crippen LogP contribution is 2.25. The second-order valence-corrected chi connectivity index (χ2v) is 9.29. The summed E-state index contributed by atoms with van der Waals surface area (Å²) < 4.78 is 4.89. The monoisotopic (exact) mass is 454 g/mol. The second kappa shape index (κ2) is 15.9. The molecule has 0 amide bonds. The van der Waals surface area contributed by atoms with Crippen LogP contribution in [0.4, 0.5) is 0 Å². The van der Waals surface area contributed by atoms with E-state index in [0.717, 1.165) is 44.9 Å². The molecule has 0 aromatic carbocycles.